The zero-order valence-corrected chi connectivity index (χ0v) is 24.8. The maximum Gasteiger partial charge on any atom is 0.295 e. The SMILES string of the molecule is CCOc1ccc(C(O)=C2C(=O)C(=O)N(CCN3CCOCC3)C2c2ccc(OCCC(C)C)c(OC)c2)cc1C. The van der Waals surface area contributed by atoms with Gasteiger partial charge < -0.3 is 29.0 Å². The van der Waals surface area contributed by atoms with Gasteiger partial charge in [0.05, 0.1) is 45.2 Å². The molecule has 0 aliphatic carbocycles. The number of ether oxygens (including phenoxy) is 4. The summed E-state index contributed by atoms with van der Waals surface area (Å²) < 4.78 is 22.7. The summed E-state index contributed by atoms with van der Waals surface area (Å²) >= 11 is 0. The van der Waals surface area contributed by atoms with E-state index in [1.54, 1.807) is 42.3 Å². The lowest BCUT2D eigenvalue weighted by atomic mass is 9.94. The van der Waals surface area contributed by atoms with Crippen molar-refractivity contribution in [3.63, 3.8) is 0 Å². The number of Topliss-reactive ketones (excluding diaryl/α,β-unsaturated/α-hetero) is 1. The van der Waals surface area contributed by atoms with Gasteiger partial charge in [-0.1, -0.05) is 19.9 Å². The number of hydrogen-bond donors (Lipinski definition) is 1. The van der Waals surface area contributed by atoms with Crippen molar-refractivity contribution in [1.29, 1.82) is 0 Å². The van der Waals surface area contributed by atoms with Crippen LogP contribution in [0.1, 0.15) is 49.9 Å². The summed E-state index contributed by atoms with van der Waals surface area (Å²) in [6.07, 6.45) is 0.897. The van der Waals surface area contributed by atoms with Crippen LogP contribution in [0.5, 0.6) is 17.2 Å². The van der Waals surface area contributed by atoms with Gasteiger partial charge in [-0.05, 0) is 67.6 Å². The molecule has 2 fully saturated rings. The molecular formula is C32H42N2O7. The average Bonchev–Trinajstić information content (AvgIpc) is 3.22. The molecule has 2 aliphatic heterocycles. The first-order chi connectivity index (χ1) is 19.7. The van der Waals surface area contributed by atoms with E-state index in [0.717, 1.165) is 25.1 Å². The van der Waals surface area contributed by atoms with Crippen LogP contribution in [0.25, 0.3) is 5.76 Å². The summed E-state index contributed by atoms with van der Waals surface area (Å²) in [5, 5.41) is 11.5. The van der Waals surface area contributed by atoms with Gasteiger partial charge in [0.25, 0.3) is 11.7 Å². The number of rotatable bonds is 12. The van der Waals surface area contributed by atoms with Crippen LogP contribution in [0, 0.1) is 12.8 Å². The molecule has 2 aliphatic rings. The van der Waals surface area contributed by atoms with Crippen LogP contribution in [0.4, 0.5) is 0 Å². The zero-order valence-electron chi connectivity index (χ0n) is 24.8. The predicted molar refractivity (Wildman–Crippen MR) is 157 cm³/mol. The molecule has 222 valence electrons. The molecule has 2 heterocycles. The predicted octanol–water partition coefficient (Wildman–Crippen LogP) is 4.58. The number of carbonyl (C=O) groups is 2. The highest BCUT2D eigenvalue weighted by Gasteiger charge is 2.46. The molecule has 1 atom stereocenters. The van der Waals surface area contributed by atoms with E-state index in [9.17, 15) is 14.7 Å². The summed E-state index contributed by atoms with van der Waals surface area (Å²) in [5.74, 6) is 0.721. The fourth-order valence-electron chi connectivity index (χ4n) is 5.18. The average molecular weight is 567 g/mol. The molecule has 2 aromatic rings. The standard InChI is InChI=1S/C32H42N2O7/c1-6-40-25-9-8-24(19-22(25)4)30(35)28-29(23-7-10-26(27(20-23)38-5)41-16-11-21(2)3)34(32(37)31(28)36)13-12-33-14-17-39-18-15-33/h7-10,19-21,29,35H,6,11-18H2,1-5H3. The third-order valence-corrected chi connectivity index (χ3v) is 7.51. The molecule has 0 spiro atoms. The van der Waals surface area contributed by atoms with Gasteiger partial charge in [-0.2, -0.15) is 0 Å². The molecule has 0 bridgehead atoms. The molecular weight excluding hydrogens is 524 g/mol. The molecule has 1 amide bonds. The minimum absolute atomic E-state index is 0.0519. The quantitative estimate of drug-likeness (QED) is 0.227. The van der Waals surface area contributed by atoms with Gasteiger partial charge in [0.2, 0.25) is 0 Å². The van der Waals surface area contributed by atoms with Crippen molar-refractivity contribution < 1.29 is 33.6 Å². The number of nitrogens with zero attached hydrogens (tertiary/aromatic N) is 2. The number of methoxy groups -OCH3 is 1. The molecule has 4 rings (SSSR count). The van der Waals surface area contributed by atoms with Gasteiger partial charge in [0, 0.05) is 31.7 Å². The monoisotopic (exact) mass is 566 g/mol. The van der Waals surface area contributed by atoms with Gasteiger partial charge >= 0.3 is 0 Å². The Morgan fingerprint density at radius 3 is 2.41 bits per heavy atom. The summed E-state index contributed by atoms with van der Waals surface area (Å²) in [7, 11) is 1.56. The van der Waals surface area contributed by atoms with Crippen LogP contribution < -0.4 is 14.2 Å². The molecule has 2 aromatic carbocycles. The number of aliphatic hydroxyl groups is 1. The Bertz CT molecular complexity index is 1270. The number of carbonyl (C=O) groups excluding carboxylic acids is 2. The Kier molecular flexibility index (Phi) is 10.3. The van der Waals surface area contributed by atoms with E-state index < -0.39 is 17.7 Å². The molecule has 9 nitrogen and oxygen atoms in total. The van der Waals surface area contributed by atoms with Crippen molar-refractivity contribution in [3.05, 3.63) is 58.7 Å². The lowest BCUT2D eigenvalue weighted by molar-refractivity contribution is -0.140. The molecule has 9 heteroatoms. The number of ketones is 1. The Hall–Kier alpha value is -3.56. The van der Waals surface area contributed by atoms with Gasteiger partial charge in [0.15, 0.2) is 11.5 Å². The van der Waals surface area contributed by atoms with Crippen molar-refractivity contribution >= 4 is 17.4 Å². The summed E-state index contributed by atoms with van der Waals surface area (Å²) in [4.78, 5) is 30.7. The zero-order chi connectivity index (χ0) is 29.5. The summed E-state index contributed by atoms with van der Waals surface area (Å²) in [6, 6.07) is 9.88. The first-order valence-electron chi connectivity index (χ1n) is 14.4. The van der Waals surface area contributed by atoms with E-state index in [1.165, 1.54) is 0 Å². The number of benzene rings is 2. The highest BCUT2D eigenvalue weighted by molar-refractivity contribution is 6.46. The van der Waals surface area contributed by atoms with E-state index in [-0.39, 0.29) is 11.3 Å². The van der Waals surface area contributed by atoms with E-state index >= 15 is 0 Å². The highest BCUT2D eigenvalue weighted by Crippen LogP contribution is 2.42. The maximum absolute atomic E-state index is 13.5. The third-order valence-electron chi connectivity index (χ3n) is 7.51. The van der Waals surface area contributed by atoms with Crippen molar-refractivity contribution in [2.75, 3.05) is 59.7 Å². The smallest absolute Gasteiger partial charge is 0.295 e. The lowest BCUT2D eigenvalue weighted by Gasteiger charge is -2.31. The Balaban J connectivity index is 1.74. The Morgan fingerprint density at radius 2 is 1.76 bits per heavy atom. The number of likely N-dealkylation sites (tertiary alicyclic amines) is 1. The van der Waals surface area contributed by atoms with E-state index in [4.69, 9.17) is 18.9 Å². The van der Waals surface area contributed by atoms with Gasteiger partial charge in [-0.3, -0.25) is 14.5 Å². The van der Waals surface area contributed by atoms with Crippen LogP contribution in [0.3, 0.4) is 0 Å². The van der Waals surface area contributed by atoms with Gasteiger partial charge in [-0.25, -0.2) is 0 Å². The first kappa shape index (κ1) is 30.4. The molecule has 41 heavy (non-hydrogen) atoms. The van der Waals surface area contributed by atoms with Crippen LogP contribution >= 0.6 is 0 Å². The number of hydrogen-bond acceptors (Lipinski definition) is 8. The first-order valence-corrected chi connectivity index (χ1v) is 14.4. The Morgan fingerprint density at radius 1 is 1.02 bits per heavy atom. The van der Waals surface area contributed by atoms with Crippen molar-refractivity contribution in [2.24, 2.45) is 5.92 Å². The normalized spacial score (nSPS) is 19.2. The number of aryl methyl sites for hydroxylation is 1. The topological polar surface area (TPSA) is 97.8 Å². The van der Waals surface area contributed by atoms with Crippen molar-refractivity contribution in [2.45, 2.75) is 40.2 Å². The van der Waals surface area contributed by atoms with Crippen LogP contribution in [0.2, 0.25) is 0 Å². The summed E-state index contributed by atoms with van der Waals surface area (Å²) in [5.41, 5.74) is 1.97. The summed E-state index contributed by atoms with van der Waals surface area (Å²) in [6.45, 7) is 12.8. The fraction of sp³-hybridized carbons (Fsp3) is 0.500. The molecule has 2 saturated heterocycles. The largest absolute Gasteiger partial charge is 0.507 e. The Labute approximate surface area is 242 Å². The minimum atomic E-state index is -0.790. The van der Waals surface area contributed by atoms with Gasteiger partial charge in [-0.15, -0.1) is 0 Å². The van der Waals surface area contributed by atoms with Crippen LogP contribution in [-0.4, -0.2) is 86.3 Å². The maximum atomic E-state index is 13.5. The molecule has 1 unspecified atom stereocenters. The van der Waals surface area contributed by atoms with Crippen molar-refractivity contribution in [3.8, 4) is 17.2 Å². The number of amides is 1. The van der Waals surface area contributed by atoms with Crippen LogP contribution in [-0.2, 0) is 14.3 Å². The highest BCUT2D eigenvalue weighted by atomic mass is 16.5. The second-order valence-electron chi connectivity index (χ2n) is 10.8. The fourth-order valence-corrected chi connectivity index (χ4v) is 5.18. The van der Waals surface area contributed by atoms with Crippen LogP contribution in [0.15, 0.2) is 42.0 Å². The molecule has 0 radical (unpaired) electrons. The van der Waals surface area contributed by atoms with Crippen molar-refractivity contribution in [1.82, 2.24) is 9.80 Å². The third kappa shape index (κ3) is 7.02. The minimum Gasteiger partial charge on any atom is -0.507 e. The van der Waals surface area contributed by atoms with Gasteiger partial charge in [0.1, 0.15) is 11.5 Å². The number of aliphatic hydroxyl groups excluding tert-OH is 1. The van der Waals surface area contributed by atoms with E-state index in [2.05, 4.69) is 18.7 Å². The molecule has 1 N–H and O–H groups in total. The van der Waals surface area contributed by atoms with E-state index in [0.29, 0.717) is 73.8 Å². The molecule has 0 saturated carbocycles. The second kappa shape index (κ2) is 13.9. The molecule has 0 aromatic heterocycles. The second-order valence-corrected chi connectivity index (χ2v) is 10.8. The lowest BCUT2D eigenvalue weighted by Crippen LogP contribution is -2.42. The number of morpholine rings is 1. The van der Waals surface area contributed by atoms with E-state index in [1.807, 2.05) is 19.9 Å².